The van der Waals surface area contributed by atoms with E-state index in [2.05, 4.69) is 24.1 Å². The SMILES string of the molecule is Cc1nc2cc(C(=O)NCCC(C)C)ccc2n1C. The van der Waals surface area contributed by atoms with Gasteiger partial charge in [0.1, 0.15) is 5.82 Å². The fraction of sp³-hybridized carbons (Fsp3) is 0.467. The molecule has 0 aliphatic carbocycles. The Balaban J connectivity index is 2.14. The van der Waals surface area contributed by atoms with Crippen molar-refractivity contribution < 1.29 is 4.79 Å². The number of imidazole rings is 1. The van der Waals surface area contributed by atoms with Gasteiger partial charge in [0.2, 0.25) is 0 Å². The second-order valence-corrected chi connectivity index (χ2v) is 5.36. The molecule has 4 nitrogen and oxygen atoms in total. The predicted octanol–water partition coefficient (Wildman–Crippen LogP) is 2.66. The fourth-order valence-corrected chi connectivity index (χ4v) is 2.04. The van der Waals surface area contributed by atoms with Crippen LogP contribution in [0.15, 0.2) is 18.2 Å². The van der Waals surface area contributed by atoms with Crippen molar-refractivity contribution in [1.82, 2.24) is 14.9 Å². The van der Waals surface area contributed by atoms with E-state index < -0.39 is 0 Å². The summed E-state index contributed by atoms with van der Waals surface area (Å²) in [5.74, 6) is 1.53. The molecule has 2 rings (SSSR count). The third-order valence-electron chi connectivity index (χ3n) is 3.37. The van der Waals surface area contributed by atoms with E-state index in [0.717, 1.165) is 29.8 Å². The van der Waals surface area contributed by atoms with Crippen LogP contribution >= 0.6 is 0 Å². The third kappa shape index (κ3) is 2.95. The van der Waals surface area contributed by atoms with Gasteiger partial charge < -0.3 is 9.88 Å². The molecule has 4 heteroatoms. The maximum atomic E-state index is 12.0. The van der Waals surface area contributed by atoms with Crippen LogP contribution in [0.2, 0.25) is 0 Å². The van der Waals surface area contributed by atoms with Gasteiger partial charge >= 0.3 is 0 Å². The second-order valence-electron chi connectivity index (χ2n) is 5.36. The number of hydrogen-bond donors (Lipinski definition) is 1. The van der Waals surface area contributed by atoms with Crippen LogP contribution in [0.25, 0.3) is 11.0 Å². The molecule has 1 N–H and O–H groups in total. The molecule has 102 valence electrons. The Morgan fingerprint density at radius 2 is 2.16 bits per heavy atom. The van der Waals surface area contributed by atoms with Crippen molar-refractivity contribution in [1.29, 1.82) is 0 Å². The van der Waals surface area contributed by atoms with Crippen LogP contribution in [0, 0.1) is 12.8 Å². The molecule has 0 aliphatic rings. The number of aromatic nitrogens is 2. The molecule has 1 aromatic carbocycles. The molecular weight excluding hydrogens is 238 g/mol. The molecule has 1 amide bonds. The molecule has 1 heterocycles. The summed E-state index contributed by atoms with van der Waals surface area (Å²) in [4.78, 5) is 16.5. The molecule has 0 atom stereocenters. The van der Waals surface area contributed by atoms with E-state index in [1.165, 1.54) is 0 Å². The van der Waals surface area contributed by atoms with E-state index in [0.29, 0.717) is 11.5 Å². The molecule has 0 saturated carbocycles. The first-order valence-electron chi connectivity index (χ1n) is 6.70. The van der Waals surface area contributed by atoms with Crippen molar-refractivity contribution in [2.24, 2.45) is 13.0 Å². The Morgan fingerprint density at radius 1 is 1.42 bits per heavy atom. The molecular formula is C15H21N3O. The highest BCUT2D eigenvalue weighted by atomic mass is 16.1. The Bertz CT molecular complexity index is 599. The van der Waals surface area contributed by atoms with Crippen LogP contribution in [0.1, 0.15) is 36.5 Å². The number of rotatable bonds is 4. The van der Waals surface area contributed by atoms with Crippen LogP contribution in [0.5, 0.6) is 0 Å². The zero-order valence-electron chi connectivity index (χ0n) is 12.0. The Morgan fingerprint density at radius 3 is 2.84 bits per heavy atom. The molecule has 0 saturated heterocycles. The number of nitrogens with one attached hydrogen (secondary N) is 1. The first-order valence-corrected chi connectivity index (χ1v) is 6.70. The number of hydrogen-bond acceptors (Lipinski definition) is 2. The van der Waals surface area contributed by atoms with E-state index in [1.54, 1.807) is 0 Å². The van der Waals surface area contributed by atoms with Crippen LogP contribution in [-0.4, -0.2) is 22.0 Å². The van der Waals surface area contributed by atoms with Crippen LogP contribution in [-0.2, 0) is 7.05 Å². The van der Waals surface area contributed by atoms with Crippen molar-refractivity contribution in [3.05, 3.63) is 29.6 Å². The lowest BCUT2D eigenvalue weighted by atomic mass is 10.1. The summed E-state index contributed by atoms with van der Waals surface area (Å²) in [6.45, 7) is 6.97. The zero-order chi connectivity index (χ0) is 14.0. The number of fused-ring (bicyclic) bond motifs is 1. The van der Waals surface area contributed by atoms with Crippen LogP contribution in [0.4, 0.5) is 0 Å². The van der Waals surface area contributed by atoms with Crippen molar-refractivity contribution in [2.75, 3.05) is 6.54 Å². The molecule has 1 aromatic heterocycles. The Kier molecular flexibility index (Phi) is 3.88. The molecule has 2 aromatic rings. The normalized spacial score (nSPS) is 11.2. The minimum atomic E-state index is -0.0224. The lowest BCUT2D eigenvalue weighted by Gasteiger charge is -2.07. The van der Waals surface area contributed by atoms with Crippen molar-refractivity contribution in [3.8, 4) is 0 Å². The first kappa shape index (κ1) is 13.6. The maximum absolute atomic E-state index is 12.0. The van der Waals surface area contributed by atoms with Crippen molar-refractivity contribution in [2.45, 2.75) is 27.2 Å². The van der Waals surface area contributed by atoms with Crippen LogP contribution in [0.3, 0.4) is 0 Å². The summed E-state index contributed by atoms with van der Waals surface area (Å²) >= 11 is 0. The Hall–Kier alpha value is -1.84. The third-order valence-corrected chi connectivity index (χ3v) is 3.37. The van der Waals surface area contributed by atoms with E-state index >= 15 is 0 Å². The van der Waals surface area contributed by atoms with E-state index in [9.17, 15) is 4.79 Å². The number of benzene rings is 1. The summed E-state index contributed by atoms with van der Waals surface area (Å²) in [7, 11) is 1.98. The van der Waals surface area contributed by atoms with Gasteiger partial charge in [-0.3, -0.25) is 4.79 Å². The average molecular weight is 259 g/mol. The van der Waals surface area contributed by atoms with Gasteiger partial charge in [-0.2, -0.15) is 0 Å². The smallest absolute Gasteiger partial charge is 0.251 e. The lowest BCUT2D eigenvalue weighted by Crippen LogP contribution is -2.25. The highest BCUT2D eigenvalue weighted by Crippen LogP contribution is 2.16. The summed E-state index contributed by atoms with van der Waals surface area (Å²) in [5, 5.41) is 2.94. The first-order chi connectivity index (χ1) is 8.99. The molecule has 0 spiro atoms. The lowest BCUT2D eigenvalue weighted by molar-refractivity contribution is 0.0952. The van der Waals surface area contributed by atoms with Gasteiger partial charge in [-0.15, -0.1) is 0 Å². The number of carbonyl (C=O) groups is 1. The molecule has 0 radical (unpaired) electrons. The second kappa shape index (κ2) is 5.43. The van der Waals surface area contributed by atoms with Gasteiger partial charge in [0.05, 0.1) is 11.0 Å². The summed E-state index contributed by atoms with van der Waals surface area (Å²) in [6.07, 6.45) is 0.997. The molecule has 0 unspecified atom stereocenters. The predicted molar refractivity (Wildman–Crippen MR) is 77.2 cm³/mol. The topological polar surface area (TPSA) is 46.9 Å². The molecule has 19 heavy (non-hydrogen) atoms. The monoisotopic (exact) mass is 259 g/mol. The fourth-order valence-electron chi connectivity index (χ4n) is 2.04. The van der Waals surface area contributed by atoms with Gasteiger partial charge in [0.25, 0.3) is 5.91 Å². The summed E-state index contributed by atoms with van der Waals surface area (Å²) < 4.78 is 2.02. The maximum Gasteiger partial charge on any atom is 0.251 e. The van der Waals surface area contributed by atoms with Crippen molar-refractivity contribution in [3.63, 3.8) is 0 Å². The number of aryl methyl sites for hydroxylation is 2. The number of nitrogens with zero attached hydrogens (tertiary/aromatic N) is 2. The number of carbonyl (C=O) groups excluding carboxylic acids is 1. The highest BCUT2D eigenvalue weighted by Gasteiger charge is 2.09. The largest absolute Gasteiger partial charge is 0.352 e. The van der Waals surface area contributed by atoms with Crippen LogP contribution < -0.4 is 5.32 Å². The highest BCUT2D eigenvalue weighted by molar-refractivity contribution is 5.97. The van der Waals surface area contributed by atoms with Crippen molar-refractivity contribution >= 4 is 16.9 Å². The molecule has 0 aliphatic heterocycles. The van der Waals surface area contributed by atoms with E-state index in [4.69, 9.17) is 0 Å². The summed E-state index contributed by atoms with van der Waals surface area (Å²) in [5.41, 5.74) is 2.60. The molecule has 0 fully saturated rings. The van der Waals surface area contributed by atoms with E-state index in [-0.39, 0.29) is 5.91 Å². The zero-order valence-corrected chi connectivity index (χ0v) is 12.0. The van der Waals surface area contributed by atoms with Gasteiger partial charge in [-0.1, -0.05) is 13.8 Å². The van der Waals surface area contributed by atoms with Gasteiger partial charge in [-0.05, 0) is 37.5 Å². The summed E-state index contributed by atoms with van der Waals surface area (Å²) in [6, 6.07) is 5.66. The number of amides is 1. The minimum absolute atomic E-state index is 0.0224. The van der Waals surface area contributed by atoms with Gasteiger partial charge in [-0.25, -0.2) is 4.98 Å². The minimum Gasteiger partial charge on any atom is -0.352 e. The van der Waals surface area contributed by atoms with Gasteiger partial charge in [0, 0.05) is 19.2 Å². The standard InChI is InChI=1S/C15H21N3O/c1-10(2)7-8-16-15(19)12-5-6-14-13(9-12)17-11(3)18(14)4/h5-6,9-10H,7-8H2,1-4H3,(H,16,19). The average Bonchev–Trinajstić information content (AvgIpc) is 2.64. The molecule has 0 bridgehead atoms. The van der Waals surface area contributed by atoms with Gasteiger partial charge in [0.15, 0.2) is 0 Å². The van der Waals surface area contributed by atoms with E-state index in [1.807, 2.05) is 36.7 Å². The Labute approximate surface area is 113 Å². The quantitative estimate of drug-likeness (QED) is 0.917.